The molecule has 2 N–H and O–H groups in total. The lowest BCUT2D eigenvalue weighted by atomic mass is 9.96. The highest BCUT2D eigenvalue weighted by atomic mass is 32.2. The fourth-order valence-corrected chi connectivity index (χ4v) is 4.60. The van der Waals surface area contributed by atoms with Crippen molar-refractivity contribution in [2.45, 2.75) is 44.1 Å². The number of aromatic nitrogens is 2. The van der Waals surface area contributed by atoms with E-state index in [2.05, 4.69) is 57.7 Å². The predicted molar refractivity (Wildman–Crippen MR) is 120 cm³/mol. The Kier molecular flexibility index (Phi) is 6.21. The first-order valence-corrected chi connectivity index (χ1v) is 11.2. The second-order valence-electron chi connectivity index (χ2n) is 7.78. The fraction of sp³-hybridized carbons (Fsp3) is 0.391. The van der Waals surface area contributed by atoms with Crippen molar-refractivity contribution in [1.29, 1.82) is 0 Å². The number of carbonyl (C=O) groups is 1. The molecule has 3 aromatic rings. The summed E-state index contributed by atoms with van der Waals surface area (Å²) in [6.07, 6.45) is 4.77. The van der Waals surface area contributed by atoms with E-state index in [0.29, 0.717) is 5.92 Å². The van der Waals surface area contributed by atoms with E-state index in [4.69, 9.17) is 0 Å². The summed E-state index contributed by atoms with van der Waals surface area (Å²) in [5.74, 6) is 0.755. The van der Waals surface area contributed by atoms with Crippen LogP contribution in [0, 0.1) is 5.92 Å². The van der Waals surface area contributed by atoms with Crippen molar-refractivity contribution in [3.05, 3.63) is 54.2 Å². The second kappa shape index (κ2) is 9.01. The van der Waals surface area contributed by atoms with Gasteiger partial charge in [0.2, 0.25) is 5.91 Å². The van der Waals surface area contributed by atoms with Crippen LogP contribution < -0.4 is 5.32 Å². The van der Waals surface area contributed by atoms with Crippen LogP contribution in [0.1, 0.15) is 44.6 Å². The van der Waals surface area contributed by atoms with Gasteiger partial charge in [0.15, 0.2) is 0 Å². The summed E-state index contributed by atoms with van der Waals surface area (Å²) in [7, 11) is 0. The molecule has 4 rings (SSSR count). The monoisotopic (exact) mass is 408 g/mol. The number of benzene rings is 1. The van der Waals surface area contributed by atoms with Gasteiger partial charge in [0.1, 0.15) is 10.7 Å². The molecule has 3 heterocycles. The van der Waals surface area contributed by atoms with E-state index in [1.807, 2.05) is 24.4 Å². The van der Waals surface area contributed by atoms with Gasteiger partial charge in [0.25, 0.3) is 0 Å². The lowest BCUT2D eigenvalue weighted by Gasteiger charge is -2.29. The number of nitrogens with zero attached hydrogens (tertiary/aromatic N) is 2. The highest BCUT2D eigenvalue weighted by molar-refractivity contribution is 7.97. The van der Waals surface area contributed by atoms with Gasteiger partial charge in [-0.3, -0.25) is 4.79 Å². The summed E-state index contributed by atoms with van der Waals surface area (Å²) in [5.41, 5.74) is 3.13. The van der Waals surface area contributed by atoms with Gasteiger partial charge < -0.3 is 10.3 Å². The first kappa shape index (κ1) is 20.0. The van der Waals surface area contributed by atoms with Crippen LogP contribution in [-0.4, -0.2) is 33.3 Å². The van der Waals surface area contributed by atoms with Crippen LogP contribution in [0.25, 0.3) is 11.0 Å². The smallest absolute Gasteiger partial charge is 0.227 e. The van der Waals surface area contributed by atoms with Crippen LogP contribution in [0.3, 0.4) is 0 Å². The van der Waals surface area contributed by atoms with Gasteiger partial charge in [0, 0.05) is 36.3 Å². The first-order valence-electron chi connectivity index (χ1n) is 10.4. The van der Waals surface area contributed by atoms with Crippen molar-refractivity contribution in [2.75, 3.05) is 18.4 Å². The molecule has 29 heavy (non-hydrogen) atoms. The fourth-order valence-electron chi connectivity index (χ4n) is 3.68. The van der Waals surface area contributed by atoms with Crippen molar-refractivity contribution in [2.24, 2.45) is 5.92 Å². The molecule has 0 bridgehead atoms. The van der Waals surface area contributed by atoms with E-state index >= 15 is 0 Å². The van der Waals surface area contributed by atoms with Crippen molar-refractivity contribution >= 4 is 34.6 Å². The second-order valence-corrected chi connectivity index (χ2v) is 8.90. The molecule has 1 aliphatic rings. The summed E-state index contributed by atoms with van der Waals surface area (Å²) in [6.45, 7) is 6.20. The van der Waals surface area contributed by atoms with Crippen LogP contribution in [0.15, 0.2) is 53.7 Å². The number of hydrogen-bond donors (Lipinski definition) is 2. The summed E-state index contributed by atoms with van der Waals surface area (Å²) in [6, 6.07) is 14.5. The average molecular weight is 409 g/mol. The number of hydrogen-bond acceptors (Lipinski definition) is 4. The van der Waals surface area contributed by atoms with Crippen LogP contribution in [-0.2, 0) is 4.79 Å². The molecule has 0 radical (unpaired) electrons. The van der Waals surface area contributed by atoms with Crippen molar-refractivity contribution in [3.63, 3.8) is 0 Å². The number of fused-ring (bicyclic) bond motifs is 1. The number of carbonyl (C=O) groups excluding carboxylic acids is 1. The van der Waals surface area contributed by atoms with Gasteiger partial charge in [0.05, 0.1) is 0 Å². The van der Waals surface area contributed by atoms with Gasteiger partial charge in [-0.15, -0.1) is 0 Å². The molecule has 152 valence electrons. The van der Waals surface area contributed by atoms with Crippen molar-refractivity contribution in [3.8, 4) is 0 Å². The van der Waals surface area contributed by atoms with Gasteiger partial charge >= 0.3 is 0 Å². The Morgan fingerprint density at radius 3 is 2.69 bits per heavy atom. The summed E-state index contributed by atoms with van der Waals surface area (Å²) in [4.78, 5) is 20.5. The lowest BCUT2D eigenvalue weighted by molar-refractivity contribution is -0.120. The molecule has 1 amide bonds. The molecule has 5 nitrogen and oxygen atoms in total. The van der Waals surface area contributed by atoms with E-state index in [0.717, 1.165) is 54.1 Å². The average Bonchev–Trinajstić information content (AvgIpc) is 3.22. The summed E-state index contributed by atoms with van der Waals surface area (Å²) in [5, 5.41) is 5.21. The highest BCUT2D eigenvalue weighted by Crippen LogP contribution is 2.29. The zero-order chi connectivity index (χ0) is 20.2. The third-order valence-corrected chi connectivity index (χ3v) is 6.83. The van der Waals surface area contributed by atoms with Crippen LogP contribution in [0.5, 0.6) is 0 Å². The maximum atomic E-state index is 12.7. The number of H-pyrrole nitrogens is 1. The molecule has 0 saturated carbocycles. The molecule has 0 spiro atoms. The zero-order valence-corrected chi connectivity index (χ0v) is 17.8. The van der Waals surface area contributed by atoms with Crippen molar-refractivity contribution < 1.29 is 4.79 Å². The predicted octanol–water partition coefficient (Wildman–Crippen LogP) is 5.43. The SMILES string of the molecule is CCC(C)c1ccc(NC(=O)C2CCN(Sc3ccc4cc[nH]c4n3)CC2)cc1. The summed E-state index contributed by atoms with van der Waals surface area (Å²) < 4.78 is 2.31. The van der Waals surface area contributed by atoms with Gasteiger partial charge in [-0.25, -0.2) is 9.29 Å². The lowest BCUT2D eigenvalue weighted by Crippen LogP contribution is -2.34. The topological polar surface area (TPSA) is 61.0 Å². The van der Waals surface area contributed by atoms with E-state index in [9.17, 15) is 4.79 Å². The van der Waals surface area contributed by atoms with Gasteiger partial charge in [-0.1, -0.05) is 26.0 Å². The molecule has 1 unspecified atom stereocenters. The third-order valence-electron chi connectivity index (χ3n) is 5.79. The van der Waals surface area contributed by atoms with Crippen LogP contribution in [0.2, 0.25) is 0 Å². The molecule has 1 saturated heterocycles. The Labute approximate surface area is 176 Å². The van der Waals surface area contributed by atoms with Crippen molar-refractivity contribution in [1.82, 2.24) is 14.3 Å². The molecule has 0 aliphatic carbocycles. The number of amides is 1. The maximum absolute atomic E-state index is 12.7. The van der Waals surface area contributed by atoms with Crippen LogP contribution in [0.4, 0.5) is 5.69 Å². The third kappa shape index (κ3) is 4.82. The Hall–Kier alpha value is -2.31. The number of pyridine rings is 1. The minimum atomic E-state index is 0.0694. The number of aromatic amines is 1. The molecule has 1 aliphatic heterocycles. The van der Waals surface area contributed by atoms with Gasteiger partial charge in [-0.2, -0.15) is 0 Å². The molecule has 1 aromatic carbocycles. The molecule has 1 fully saturated rings. The number of piperidine rings is 1. The molecular formula is C23H28N4OS. The Balaban J connectivity index is 1.28. The molecule has 1 atom stereocenters. The first-order chi connectivity index (χ1) is 14.1. The van der Waals surface area contributed by atoms with Gasteiger partial charge in [-0.05, 0) is 73.0 Å². The Morgan fingerprint density at radius 1 is 1.21 bits per heavy atom. The Morgan fingerprint density at radius 2 is 1.97 bits per heavy atom. The minimum Gasteiger partial charge on any atom is -0.346 e. The van der Waals surface area contributed by atoms with E-state index in [-0.39, 0.29) is 11.8 Å². The van der Waals surface area contributed by atoms with E-state index in [1.165, 1.54) is 5.56 Å². The van der Waals surface area contributed by atoms with Crippen LogP contribution >= 0.6 is 11.9 Å². The number of anilines is 1. The van der Waals surface area contributed by atoms with E-state index in [1.54, 1.807) is 11.9 Å². The standard InChI is InChI=1S/C23H28N4OS/c1-3-16(2)17-4-7-20(8-5-17)25-23(28)19-11-14-27(15-12-19)29-21-9-6-18-10-13-24-22(18)26-21/h4-10,13,16,19H,3,11-12,14-15H2,1-2H3,(H,24,26)(H,25,28). The highest BCUT2D eigenvalue weighted by Gasteiger charge is 2.26. The molecule has 6 heteroatoms. The maximum Gasteiger partial charge on any atom is 0.227 e. The normalized spacial score (nSPS) is 16.8. The molecule has 2 aromatic heterocycles. The number of rotatable bonds is 6. The largest absolute Gasteiger partial charge is 0.346 e. The number of nitrogens with one attached hydrogen (secondary N) is 2. The van der Waals surface area contributed by atoms with E-state index < -0.39 is 0 Å². The zero-order valence-electron chi connectivity index (χ0n) is 17.0. The minimum absolute atomic E-state index is 0.0694. The Bertz CT molecular complexity index is 960. The molecular weight excluding hydrogens is 380 g/mol. The summed E-state index contributed by atoms with van der Waals surface area (Å²) >= 11 is 1.68. The quantitative estimate of drug-likeness (QED) is 0.534.